The van der Waals surface area contributed by atoms with E-state index >= 15 is 0 Å². The zero-order chi connectivity index (χ0) is 17.7. The van der Waals surface area contributed by atoms with Gasteiger partial charge < -0.3 is 5.32 Å². The van der Waals surface area contributed by atoms with Crippen molar-refractivity contribution in [3.05, 3.63) is 59.7 Å². The predicted molar refractivity (Wildman–Crippen MR) is 97.6 cm³/mol. The van der Waals surface area contributed by atoms with Crippen LogP contribution in [0.4, 0.5) is 11.4 Å². The molecule has 6 heteroatoms. The van der Waals surface area contributed by atoms with Crippen molar-refractivity contribution in [3.63, 3.8) is 0 Å². The van der Waals surface area contributed by atoms with Crippen molar-refractivity contribution < 1.29 is 13.2 Å². The van der Waals surface area contributed by atoms with Gasteiger partial charge in [-0.3, -0.25) is 9.52 Å². The van der Waals surface area contributed by atoms with Crippen LogP contribution in [0.2, 0.25) is 0 Å². The van der Waals surface area contributed by atoms with Gasteiger partial charge in [-0.2, -0.15) is 0 Å². The Morgan fingerprint density at radius 3 is 1.88 bits per heavy atom. The van der Waals surface area contributed by atoms with E-state index in [-0.39, 0.29) is 11.7 Å². The van der Waals surface area contributed by atoms with Gasteiger partial charge in [0, 0.05) is 11.4 Å². The van der Waals surface area contributed by atoms with Crippen molar-refractivity contribution in [1.82, 2.24) is 0 Å². The molecule has 0 aliphatic carbocycles. The molecular weight excluding hydrogens is 324 g/mol. The first-order valence-corrected chi connectivity index (χ1v) is 9.35. The SMILES string of the molecule is Cc1ccc(NC(=O)C(C)CS(=O)(=O)Nc2ccc(C)cc2)cc1. The number of rotatable bonds is 6. The topological polar surface area (TPSA) is 75.3 Å². The Labute approximate surface area is 143 Å². The van der Waals surface area contributed by atoms with Gasteiger partial charge in [0.25, 0.3) is 0 Å². The zero-order valence-electron chi connectivity index (χ0n) is 14.0. The molecule has 1 atom stereocenters. The number of sulfonamides is 1. The van der Waals surface area contributed by atoms with Crippen LogP contribution in [-0.4, -0.2) is 20.1 Å². The van der Waals surface area contributed by atoms with Crippen molar-refractivity contribution in [2.45, 2.75) is 20.8 Å². The largest absolute Gasteiger partial charge is 0.326 e. The van der Waals surface area contributed by atoms with Crippen LogP contribution < -0.4 is 10.0 Å². The summed E-state index contributed by atoms with van der Waals surface area (Å²) in [5.74, 6) is -1.28. The van der Waals surface area contributed by atoms with Crippen LogP contribution in [-0.2, 0) is 14.8 Å². The van der Waals surface area contributed by atoms with Crippen LogP contribution in [0.15, 0.2) is 48.5 Å². The summed E-state index contributed by atoms with van der Waals surface area (Å²) in [5.41, 5.74) is 3.28. The van der Waals surface area contributed by atoms with Gasteiger partial charge in [-0.1, -0.05) is 42.3 Å². The average Bonchev–Trinajstić information content (AvgIpc) is 2.51. The van der Waals surface area contributed by atoms with Gasteiger partial charge in [0.1, 0.15) is 0 Å². The standard InChI is InChI=1S/C18H22N2O3S/c1-13-4-8-16(9-5-13)19-18(21)15(3)12-24(22,23)20-17-10-6-14(2)7-11-17/h4-11,15,20H,12H2,1-3H3,(H,19,21). The average molecular weight is 346 g/mol. The maximum atomic E-state index is 12.2. The molecule has 0 saturated carbocycles. The second-order valence-electron chi connectivity index (χ2n) is 6.01. The lowest BCUT2D eigenvalue weighted by atomic mass is 10.2. The maximum Gasteiger partial charge on any atom is 0.233 e. The number of anilines is 2. The van der Waals surface area contributed by atoms with Crippen LogP contribution in [0.25, 0.3) is 0 Å². The molecule has 2 aromatic rings. The molecule has 2 rings (SSSR count). The smallest absolute Gasteiger partial charge is 0.233 e. The first-order chi connectivity index (χ1) is 11.2. The first-order valence-electron chi connectivity index (χ1n) is 7.70. The summed E-state index contributed by atoms with van der Waals surface area (Å²) < 4.78 is 26.9. The highest BCUT2D eigenvalue weighted by atomic mass is 32.2. The summed E-state index contributed by atoms with van der Waals surface area (Å²) in [6.45, 7) is 5.48. The lowest BCUT2D eigenvalue weighted by molar-refractivity contribution is -0.118. The molecule has 24 heavy (non-hydrogen) atoms. The van der Waals surface area contributed by atoms with E-state index in [1.54, 1.807) is 31.2 Å². The van der Waals surface area contributed by atoms with Crippen LogP contribution in [0.3, 0.4) is 0 Å². The highest BCUT2D eigenvalue weighted by Gasteiger charge is 2.21. The lowest BCUT2D eigenvalue weighted by Crippen LogP contribution is -2.29. The summed E-state index contributed by atoms with van der Waals surface area (Å²) >= 11 is 0. The third kappa shape index (κ3) is 5.38. The molecule has 0 radical (unpaired) electrons. The number of benzene rings is 2. The second-order valence-corrected chi connectivity index (χ2v) is 7.77. The Hall–Kier alpha value is -2.34. The molecule has 1 unspecified atom stereocenters. The maximum absolute atomic E-state index is 12.2. The van der Waals surface area contributed by atoms with Gasteiger partial charge in [-0.05, 0) is 38.1 Å². The molecule has 1 amide bonds. The molecule has 128 valence electrons. The lowest BCUT2D eigenvalue weighted by Gasteiger charge is -2.14. The Morgan fingerprint density at radius 1 is 0.917 bits per heavy atom. The van der Waals surface area contributed by atoms with E-state index in [2.05, 4.69) is 10.0 Å². The van der Waals surface area contributed by atoms with Crippen LogP contribution in [0, 0.1) is 19.8 Å². The summed E-state index contributed by atoms with van der Waals surface area (Å²) in [6, 6.07) is 14.4. The molecular formula is C18H22N2O3S. The number of hydrogen-bond acceptors (Lipinski definition) is 3. The van der Waals surface area contributed by atoms with E-state index < -0.39 is 15.9 Å². The van der Waals surface area contributed by atoms with Crippen molar-refractivity contribution in [2.75, 3.05) is 15.8 Å². The van der Waals surface area contributed by atoms with Crippen LogP contribution in [0.1, 0.15) is 18.1 Å². The Morgan fingerprint density at radius 2 is 1.38 bits per heavy atom. The van der Waals surface area contributed by atoms with Crippen LogP contribution >= 0.6 is 0 Å². The van der Waals surface area contributed by atoms with Gasteiger partial charge in [0.05, 0.1) is 11.7 Å². The third-order valence-corrected chi connectivity index (χ3v) is 5.05. The second kappa shape index (κ2) is 7.49. The summed E-state index contributed by atoms with van der Waals surface area (Å²) in [6.07, 6.45) is 0. The molecule has 2 N–H and O–H groups in total. The number of hydrogen-bond donors (Lipinski definition) is 2. The van der Waals surface area contributed by atoms with Crippen molar-refractivity contribution in [1.29, 1.82) is 0 Å². The summed E-state index contributed by atoms with van der Waals surface area (Å²) in [5, 5.41) is 2.73. The van der Waals surface area contributed by atoms with E-state index in [1.807, 2.05) is 38.1 Å². The fourth-order valence-corrected chi connectivity index (χ4v) is 3.54. The monoisotopic (exact) mass is 346 g/mol. The van der Waals surface area contributed by atoms with Crippen molar-refractivity contribution >= 4 is 27.3 Å². The van der Waals surface area contributed by atoms with E-state index in [1.165, 1.54) is 0 Å². The van der Waals surface area contributed by atoms with Crippen molar-refractivity contribution in [2.24, 2.45) is 5.92 Å². The molecule has 0 heterocycles. The molecule has 0 aliphatic heterocycles. The molecule has 2 aromatic carbocycles. The summed E-state index contributed by atoms with van der Waals surface area (Å²) in [4.78, 5) is 12.2. The van der Waals surface area contributed by atoms with Gasteiger partial charge in [0.2, 0.25) is 15.9 Å². The zero-order valence-corrected chi connectivity index (χ0v) is 14.9. The first kappa shape index (κ1) is 18.0. The molecule has 0 aromatic heterocycles. The minimum Gasteiger partial charge on any atom is -0.326 e. The highest BCUT2D eigenvalue weighted by Crippen LogP contribution is 2.14. The molecule has 0 saturated heterocycles. The van der Waals surface area contributed by atoms with Crippen LogP contribution in [0.5, 0.6) is 0 Å². The Balaban J connectivity index is 1.96. The Bertz CT molecular complexity index is 797. The summed E-state index contributed by atoms with van der Waals surface area (Å²) in [7, 11) is -3.60. The molecule has 0 aliphatic rings. The van der Waals surface area contributed by atoms with Gasteiger partial charge in [-0.25, -0.2) is 8.42 Å². The molecule has 0 bridgehead atoms. The minimum atomic E-state index is -3.60. The fraction of sp³-hybridized carbons (Fsp3) is 0.278. The molecule has 5 nitrogen and oxygen atoms in total. The third-order valence-electron chi connectivity index (χ3n) is 3.56. The quantitative estimate of drug-likeness (QED) is 0.842. The van der Waals surface area contributed by atoms with E-state index in [0.29, 0.717) is 11.4 Å². The van der Waals surface area contributed by atoms with E-state index in [9.17, 15) is 13.2 Å². The van der Waals surface area contributed by atoms with Gasteiger partial charge >= 0.3 is 0 Å². The van der Waals surface area contributed by atoms with Gasteiger partial charge in [0.15, 0.2) is 0 Å². The number of aryl methyl sites for hydroxylation is 2. The Kier molecular flexibility index (Phi) is 5.62. The normalized spacial score (nSPS) is 12.5. The molecule has 0 fully saturated rings. The van der Waals surface area contributed by atoms with Gasteiger partial charge in [-0.15, -0.1) is 0 Å². The molecule has 0 spiro atoms. The minimum absolute atomic E-state index is 0.279. The number of carbonyl (C=O) groups excluding carboxylic acids is 1. The van der Waals surface area contributed by atoms with Crippen molar-refractivity contribution in [3.8, 4) is 0 Å². The highest BCUT2D eigenvalue weighted by molar-refractivity contribution is 7.92. The number of carbonyl (C=O) groups is 1. The number of amides is 1. The fourth-order valence-electron chi connectivity index (χ4n) is 2.15. The van der Waals surface area contributed by atoms with E-state index in [4.69, 9.17) is 0 Å². The predicted octanol–water partition coefficient (Wildman–Crippen LogP) is 3.32. The van der Waals surface area contributed by atoms with E-state index in [0.717, 1.165) is 11.1 Å². The number of nitrogens with one attached hydrogen (secondary N) is 2.